The molecule has 130 valence electrons. The molecule has 1 aromatic heterocycles. The average Bonchev–Trinajstić information content (AvgIpc) is 2.94. The lowest BCUT2D eigenvalue weighted by Gasteiger charge is -2.17. The van der Waals surface area contributed by atoms with Crippen molar-refractivity contribution in [1.82, 2.24) is 4.98 Å². The van der Waals surface area contributed by atoms with Gasteiger partial charge in [-0.1, -0.05) is 13.8 Å². The highest BCUT2D eigenvalue weighted by atomic mass is 32.2. The number of alkyl halides is 3. The van der Waals surface area contributed by atoms with Crippen molar-refractivity contribution in [3.05, 3.63) is 35.0 Å². The summed E-state index contributed by atoms with van der Waals surface area (Å²) in [5.41, 5.74) is -2.87. The van der Waals surface area contributed by atoms with Gasteiger partial charge in [0.25, 0.3) is 0 Å². The Bertz CT molecular complexity index is 910. The van der Waals surface area contributed by atoms with Crippen LogP contribution in [0.2, 0.25) is 0 Å². The number of hydrogen-bond acceptors (Lipinski definition) is 4. The highest BCUT2D eigenvalue weighted by Gasteiger charge is 2.34. The largest absolute Gasteiger partial charge is 0.417 e. The fourth-order valence-electron chi connectivity index (χ4n) is 2.41. The van der Waals surface area contributed by atoms with E-state index in [1.165, 1.54) is 26.0 Å². The Morgan fingerprint density at radius 3 is 2.46 bits per heavy atom. The minimum absolute atomic E-state index is 0.115. The maximum atomic E-state index is 13.0. The molecular weight excluding hydrogens is 345 g/mol. The molecule has 2 N–H and O–H groups in total. The lowest BCUT2D eigenvalue weighted by Crippen LogP contribution is -2.28. The standard InChI is InChI=1S/C15H15F3N2O3S/c1-3-24(22,23)14(21)8(2)12-5-9-4-10(7-19)11(15(16,17)18)6-13(9)20-12/h4-6,8,14,20-21H,3H2,1-2H3. The summed E-state index contributed by atoms with van der Waals surface area (Å²) >= 11 is 0. The molecule has 2 unspecified atom stereocenters. The molecule has 24 heavy (non-hydrogen) atoms. The lowest BCUT2D eigenvalue weighted by atomic mass is 10.0. The fourth-order valence-corrected chi connectivity index (χ4v) is 3.52. The SMILES string of the molecule is CCS(=O)(=O)C(O)C(C)c1cc2cc(C#N)c(C(F)(F)F)cc2[nH]1. The summed E-state index contributed by atoms with van der Waals surface area (Å²) in [6, 6.07) is 4.85. The number of nitrogens with one attached hydrogen (secondary N) is 1. The van der Waals surface area contributed by atoms with E-state index >= 15 is 0 Å². The monoisotopic (exact) mass is 360 g/mol. The van der Waals surface area contributed by atoms with Crippen LogP contribution in [-0.4, -0.2) is 29.7 Å². The second-order valence-corrected chi connectivity index (χ2v) is 7.84. The van der Waals surface area contributed by atoms with E-state index in [1.54, 1.807) is 0 Å². The molecular formula is C15H15F3N2O3S. The van der Waals surface area contributed by atoms with Gasteiger partial charge >= 0.3 is 6.18 Å². The molecule has 0 saturated carbocycles. The van der Waals surface area contributed by atoms with Crippen LogP contribution in [0.5, 0.6) is 0 Å². The molecule has 0 aliphatic carbocycles. The second-order valence-electron chi connectivity index (χ2n) is 5.45. The van der Waals surface area contributed by atoms with Crippen LogP contribution in [0.4, 0.5) is 13.2 Å². The molecule has 1 aromatic carbocycles. The molecule has 0 aliphatic rings. The quantitative estimate of drug-likeness (QED) is 0.877. The number of halogens is 3. The summed E-state index contributed by atoms with van der Waals surface area (Å²) in [4.78, 5) is 2.70. The summed E-state index contributed by atoms with van der Waals surface area (Å²) in [5, 5.41) is 19.2. The molecule has 2 aromatic rings. The third kappa shape index (κ3) is 3.25. The number of hydrogen-bond donors (Lipinski definition) is 2. The summed E-state index contributed by atoms with van der Waals surface area (Å²) in [6.07, 6.45) is -4.68. The zero-order chi connectivity index (χ0) is 18.3. The van der Waals surface area contributed by atoms with E-state index in [0.29, 0.717) is 5.39 Å². The van der Waals surface area contributed by atoms with Gasteiger partial charge in [-0.2, -0.15) is 18.4 Å². The summed E-state index contributed by atoms with van der Waals surface area (Å²) < 4.78 is 62.4. The van der Waals surface area contributed by atoms with Gasteiger partial charge in [0.15, 0.2) is 15.3 Å². The minimum Gasteiger partial charge on any atom is -0.376 e. The molecule has 0 radical (unpaired) electrons. The van der Waals surface area contributed by atoms with Gasteiger partial charge in [-0.15, -0.1) is 0 Å². The molecule has 0 saturated heterocycles. The van der Waals surface area contributed by atoms with Gasteiger partial charge in [0.2, 0.25) is 0 Å². The Kier molecular flexibility index (Phi) is 4.65. The highest BCUT2D eigenvalue weighted by molar-refractivity contribution is 7.91. The van der Waals surface area contributed by atoms with Crippen molar-refractivity contribution in [3.63, 3.8) is 0 Å². The zero-order valence-electron chi connectivity index (χ0n) is 12.8. The number of aliphatic hydroxyl groups is 1. The molecule has 2 rings (SSSR count). The van der Waals surface area contributed by atoms with Crippen LogP contribution in [0.15, 0.2) is 18.2 Å². The van der Waals surface area contributed by atoms with Crippen LogP contribution >= 0.6 is 0 Å². The minimum atomic E-state index is -4.68. The normalized spacial score (nSPS) is 15.2. The Morgan fingerprint density at radius 2 is 1.96 bits per heavy atom. The van der Waals surface area contributed by atoms with E-state index in [-0.39, 0.29) is 17.0 Å². The van der Waals surface area contributed by atoms with Crippen molar-refractivity contribution in [2.45, 2.75) is 31.4 Å². The molecule has 9 heteroatoms. The molecule has 0 fully saturated rings. The van der Waals surface area contributed by atoms with Crippen LogP contribution in [0, 0.1) is 11.3 Å². The molecule has 2 atom stereocenters. The number of aromatic nitrogens is 1. The zero-order valence-corrected chi connectivity index (χ0v) is 13.7. The predicted octanol–water partition coefficient (Wildman–Crippen LogP) is 2.91. The summed E-state index contributed by atoms with van der Waals surface area (Å²) in [5.74, 6) is -1.11. The third-order valence-electron chi connectivity index (χ3n) is 3.89. The Labute approximate surface area is 136 Å². The third-order valence-corrected chi connectivity index (χ3v) is 5.84. The number of nitrogens with zero attached hydrogens (tertiary/aromatic N) is 1. The molecule has 5 nitrogen and oxygen atoms in total. The van der Waals surface area contributed by atoms with Crippen LogP contribution < -0.4 is 0 Å². The van der Waals surface area contributed by atoms with E-state index in [2.05, 4.69) is 4.98 Å². The van der Waals surface area contributed by atoms with Crippen molar-refractivity contribution in [2.24, 2.45) is 0 Å². The van der Waals surface area contributed by atoms with Gasteiger partial charge in [0, 0.05) is 28.3 Å². The first-order chi connectivity index (χ1) is 11.0. The number of aliphatic hydroxyl groups excluding tert-OH is 1. The van der Waals surface area contributed by atoms with E-state index in [4.69, 9.17) is 5.26 Å². The van der Waals surface area contributed by atoms with E-state index in [9.17, 15) is 26.7 Å². The van der Waals surface area contributed by atoms with Crippen molar-refractivity contribution >= 4 is 20.7 Å². The molecule has 0 bridgehead atoms. The van der Waals surface area contributed by atoms with E-state index < -0.39 is 38.5 Å². The lowest BCUT2D eigenvalue weighted by molar-refractivity contribution is -0.137. The number of fused-ring (bicyclic) bond motifs is 1. The van der Waals surface area contributed by atoms with Gasteiger partial charge in [-0.3, -0.25) is 0 Å². The van der Waals surface area contributed by atoms with Crippen molar-refractivity contribution in [3.8, 4) is 6.07 Å². The smallest absolute Gasteiger partial charge is 0.376 e. The van der Waals surface area contributed by atoms with E-state index in [0.717, 1.165) is 12.1 Å². The van der Waals surface area contributed by atoms with Gasteiger partial charge < -0.3 is 10.1 Å². The summed E-state index contributed by atoms with van der Waals surface area (Å²) in [6.45, 7) is 2.85. The first-order valence-corrected chi connectivity index (χ1v) is 8.76. The Balaban J connectivity index is 2.55. The number of benzene rings is 1. The highest BCUT2D eigenvalue weighted by Crippen LogP contribution is 2.35. The average molecular weight is 360 g/mol. The van der Waals surface area contributed by atoms with Crippen molar-refractivity contribution in [2.75, 3.05) is 5.75 Å². The van der Waals surface area contributed by atoms with Crippen LogP contribution in [-0.2, 0) is 16.0 Å². The summed E-state index contributed by atoms with van der Waals surface area (Å²) in [7, 11) is -3.72. The second kappa shape index (κ2) is 6.11. The fraction of sp³-hybridized carbons (Fsp3) is 0.400. The Morgan fingerprint density at radius 1 is 1.33 bits per heavy atom. The van der Waals surface area contributed by atoms with Gasteiger partial charge in [-0.25, -0.2) is 8.42 Å². The molecule has 0 spiro atoms. The molecule has 1 heterocycles. The van der Waals surface area contributed by atoms with E-state index in [1.807, 2.05) is 0 Å². The maximum absolute atomic E-state index is 13.0. The predicted molar refractivity (Wildman–Crippen MR) is 81.9 cm³/mol. The number of H-pyrrole nitrogens is 1. The van der Waals surface area contributed by atoms with Crippen LogP contribution in [0.3, 0.4) is 0 Å². The van der Waals surface area contributed by atoms with Crippen LogP contribution in [0.25, 0.3) is 10.9 Å². The number of nitriles is 1. The first-order valence-electron chi connectivity index (χ1n) is 7.04. The van der Waals surface area contributed by atoms with Crippen molar-refractivity contribution < 1.29 is 26.7 Å². The first kappa shape index (κ1) is 18.3. The molecule has 0 aliphatic heterocycles. The van der Waals surface area contributed by atoms with Gasteiger partial charge in [0.05, 0.1) is 17.2 Å². The van der Waals surface area contributed by atoms with Gasteiger partial charge in [-0.05, 0) is 18.2 Å². The topological polar surface area (TPSA) is 93.9 Å². The number of sulfone groups is 1. The Hall–Kier alpha value is -2.05. The maximum Gasteiger partial charge on any atom is 0.417 e. The van der Waals surface area contributed by atoms with Crippen LogP contribution in [0.1, 0.15) is 36.6 Å². The van der Waals surface area contributed by atoms with Crippen molar-refractivity contribution in [1.29, 1.82) is 5.26 Å². The number of rotatable bonds is 4. The number of aromatic amines is 1. The molecule has 0 amide bonds. The van der Waals surface area contributed by atoms with Gasteiger partial charge in [0.1, 0.15) is 0 Å².